The van der Waals surface area contributed by atoms with Gasteiger partial charge in [0.15, 0.2) is 0 Å². The summed E-state index contributed by atoms with van der Waals surface area (Å²) in [6.07, 6.45) is 3.79. The van der Waals surface area contributed by atoms with Gasteiger partial charge in [-0.25, -0.2) is 0 Å². The van der Waals surface area contributed by atoms with Crippen LogP contribution < -0.4 is 4.90 Å². The minimum atomic E-state index is -0.296. The normalized spacial score (nSPS) is 14.7. The summed E-state index contributed by atoms with van der Waals surface area (Å²) in [7, 11) is 1.94. The lowest BCUT2D eigenvalue weighted by molar-refractivity contribution is -0.384. The quantitative estimate of drug-likeness (QED) is 0.580. The summed E-state index contributed by atoms with van der Waals surface area (Å²) in [4.78, 5) is 12.7. The molecule has 1 aromatic rings. The molecule has 0 amide bonds. The molecule has 1 aliphatic carbocycles. The largest absolute Gasteiger partial charge is 0.369 e. The first-order chi connectivity index (χ1) is 8.09. The number of benzene rings is 1. The lowest BCUT2D eigenvalue weighted by atomic mass is 10.1. The van der Waals surface area contributed by atoms with Gasteiger partial charge in [-0.1, -0.05) is 25.0 Å². The summed E-state index contributed by atoms with van der Waals surface area (Å²) in [6.45, 7) is 2.83. The highest BCUT2D eigenvalue weighted by Crippen LogP contribution is 2.35. The first-order valence-corrected chi connectivity index (χ1v) is 6.04. The Hall–Kier alpha value is -1.58. The van der Waals surface area contributed by atoms with Gasteiger partial charge < -0.3 is 4.90 Å². The molecule has 92 valence electrons. The summed E-state index contributed by atoms with van der Waals surface area (Å²) < 4.78 is 0. The maximum atomic E-state index is 11.0. The van der Waals surface area contributed by atoms with Crippen LogP contribution in [0.25, 0.3) is 0 Å². The van der Waals surface area contributed by atoms with Gasteiger partial charge in [0.1, 0.15) is 5.69 Å². The third-order valence-electron chi connectivity index (χ3n) is 3.36. The van der Waals surface area contributed by atoms with Crippen LogP contribution in [0.1, 0.15) is 24.8 Å². The van der Waals surface area contributed by atoms with Crippen molar-refractivity contribution < 1.29 is 4.92 Å². The molecule has 1 saturated carbocycles. The van der Waals surface area contributed by atoms with E-state index in [0.29, 0.717) is 0 Å². The van der Waals surface area contributed by atoms with Crippen molar-refractivity contribution in [1.82, 2.24) is 0 Å². The van der Waals surface area contributed by atoms with Gasteiger partial charge in [-0.2, -0.15) is 0 Å². The van der Waals surface area contributed by atoms with E-state index in [1.165, 1.54) is 12.8 Å². The molecule has 0 aliphatic heterocycles. The van der Waals surface area contributed by atoms with Gasteiger partial charge in [0.2, 0.25) is 0 Å². The molecule has 0 radical (unpaired) electrons. The van der Waals surface area contributed by atoms with Gasteiger partial charge in [0.05, 0.1) is 4.92 Å². The second-order valence-electron chi connectivity index (χ2n) is 4.85. The van der Waals surface area contributed by atoms with Crippen molar-refractivity contribution in [1.29, 1.82) is 0 Å². The van der Waals surface area contributed by atoms with E-state index in [1.54, 1.807) is 12.1 Å². The standard InChI is InChI=1S/C13H18N2O2/c1-10-4-3-5-12(15(16)17)13(10)14(2)9-8-11-6-7-11/h3-5,11H,6-9H2,1-2H3. The van der Waals surface area contributed by atoms with E-state index >= 15 is 0 Å². The summed E-state index contributed by atoms with van der Waals surface area (Å²) in [5.41, 5.74) is 1.94. The number of nitro groups is 1. The third-order valence-corrected chi connectivity index (χ3v) is 3.36. The number of hydrogen-bond acceptors (Lipinski definition) is 3. The molecule has 1 aliphatic rings. The molecule has 1 aromatic carbocycles. The number of rotatable bonds is 5. The Labute approximate surface area is 101 Å². The van der Waals surface area contributed by atoms with E-state index in [4.69, 9.17) is 0 Å². The molecular formula is C13H18N2O2. The van der Waals surface area contributed by atoms with Crippen LogP contribution in [0.2, 0.25) is 0 Å². The van der Waals surface area contributed by atoms with Crippen LogP contribution in [-0.2, 0) is 0 Å². The van der Waals surface area contributed by atoms with Crippen molar-refractivity contribution in [2.24, 2.45) is 5.92 Å². The zero-order chi connectivity index (χ0) is 12.4. The number of anilines is 1. The van der Waals surface area contributed by atoms with Crippen LogP contribution in [0.3, 0.4) is 0 Å². The third kappa shape index (κ3) is 2.75. The minimum Gasteiger partial charge on any atom is -0.369 e. The minimum absolute atomic E-state index is 0.211. The van der Waals surface area contributed by atoms with E-state index < -0.39 is 0 Å². The number of para-hydroxylation sites is 1. The molecule has 0 N–H and O–H groups in total. The number of nitro benzene ring substituents is 1. The van der Waals surface area contributed by atoms with Gasteiger partial charge in [-0.05, 0) is 24.8 Å². The monoisotopic (exact) mass is 234 g/mol. The molecule has 0 heterocycles. The highest BCUT2D eigenvalue weighted by Gasteiger charge is 2.23. The predicted octanol–water partition coefficient (Wildman–Crippen LogP) is 3.14. The maximum Gasteiger partial charge on any atom is 0.292 e. The summed E-state index contributed by atoms with van der Waals surface area (Å²) in [6, 6.07) is 5.25. The van der Waals surface area contributed by atoms with Crippen molar-refractivity contribution in [3.05, 3.63) is 33.9 Å². The van der Waals surface area contributed by atoms with Crippen molar-refractivity contribution in [2.75, 3.05) is 18.5 Å². The van der Waals surface area contributed by atoms with Gasteiger partial charge in [0, 0.05) is 19.7 Å². The molecule has 0 unspecified atom stereocenters. The van der Waals surface area contributed by atoms with Crippen molar-refractivity contribution in [3.8, 4) is 0 Å². The fourth-order valence-corrected chi connectivity index (χ4v) is 2.18. The maximum absolute atomic E-state index is 11.0. The molecule has 0 aromatic heterocycles. The van der Waals surface area contributed by atoms with Gasteiger partial charge in [-0.3, -0.25) is 10.1 Å². The van der Waals surface area contributed by atoms with E-state index in [9.17, 15) is 10.1 Å². The lowest BCUT2D eigenvalue weighted by Gasteiger charge is -2.21. The Morgan fingerprint density at radius 2 is 2.18 bits per heavy atom. The van der Waals surface area contributed by atoms with Crippen LogP contribution in [0.15, 0.2) is 18.2 Å². The molecule has 4 nitrogen and oxygen atoms in total. The summed E-state index contributed by atoms with van der Waals surface area (Å²) >= 11 is 0. The molecule has 0 spiro atoms. The summed E-state index contributed by atoms with van der Waals surface area (Å²) in [5.74, 6) is 0.848. The highest BCUT2D eigenvalue weighted by molar-refractivity contribution is 5.67. The lowest BCUT2D eigenvalue weighted by Crippen LogP contribution is -2.21. The van der Waals surface area contributed by atoms with Crippen molar-refractivity contribution in [2.45, 2.75) is 26.2 Å². The number of aryl methyl sites for hydroxylation is 1. The Balaban J connectivity index is 2.18. The van der Waals surface area contributed by atoms with Crippen LogP contribution >= 0.6 is 0 Å². The average Bonchev–Trinajstić information content (AvgIpc) is 3.09. The Kier molecular flexibility index (Phi) is 3.31. The number of nitrogens with zero attached hydrogens (tertiary/aromatic N) is 2. The van der Waals surface area contributed by atoms with Crippen molar-refractivity contribution >= 4 is 11.4 Å². The second-order valence-corrected chi connectivity index (χ2v) is 4.85. The van der Waals surface area contributed by atoms with Crippen LogP contribution in [-0.4, -0.2) is 18.5 Å². The predicted molar refractivity (Wildman–Crippen MR) is 68.4 cm³/mol. The van der Waals surface area contributed by atoms with Crippen LogP contribution in [0, 0.1) is 23.0 Å². The highest BCUT2D eigenvalue weighted by atomic mass is 16.6. The molecular weight excluding hydrogens is 216 g/mol. The molecule has 0 saturated heterocycles. The zero-order valence-corrected chi connectivity index (χ0v) is 10.3. The Bertz CT molecular complexity index is 427. The fourth-order valence-electron chi connectivity index (χ4n) is 2.18. The average molecular weight is 234 g/mol. The zero-order valence-electron chi connectivity index (χ0n) is 10.3. The van der Waals surface area contributed by atoms with E-state index in [1.807, 2.05) is 24.9 Å². The van der Waals surface area contributed by atoms with E-state index in [-0.39, 0.29) is 10.6 Å². The Morgan fingerprint density at radius 3 is 2.76 bits per heavy atom. The van der Waals surface area contributed by atoms with Gasteiger partial charge in [-0.15, -0.1) is 0 Å². The molecule has 0 atom stereocenters. The van der Waals surface area contributed by atoms with E-state index in [0.717, 1.165) is 30.1 Å². The van der Waals surface area contributed by atoms with E-state index in [2.05, 4.69) is 0 Å². The first kappa shape index (κ1) is 11.9. The molecule has 4 heteroatoms. The van der Waals surface area contributed by atoms with Crippen molar-refractivity contribution in [3.63, 3.8) is 0 Å². The first-order valence-electron chi connectivity index (χ1n) is 6.04. The SMILES string of the molecule is Cc1cccc([N+](=O)[O-])c1N(C)CCC1CC1. The molecule has 0 bridgehead atoms. The van der Waals surface area contributed by atoms with Crippen LogP contribution in [0.4, 0.5) is 11.4 Å². The Morgan fingerprint density at radius 1 is 1.47 bits per heavy atom. The van der Waals surface area contributed by atoms with Crippen LogP contribution in [0.5, 0.6) is 0 Å². The summed E-state index contributed by atoms with van der Waals surface area (Å²) in [5, 5.41) is 11.0. The van der Waals surface area contributed by atoms with Gasteiger partial charge in [0.25, 0.3) is 5.69 Å². The number of hydrogen-bond donors (Lipinski definition) is 0. The molecule has 2 rings (SSSR count). The smallest absolute Gasteiger partial charge is 0.292 e. The molecule has 17 heavy (non-hydrogen) atoms. The van der Waals surface area contributed by atoms with Gasteiger partial charge >= 0.3 is 0 Å². The second kappa shape index (κ2) is 4.73. The fraction of sp³-hybridized carbons (Fsp3) is 0.538. The topological polar surface area (TPSA) is 46.4 Å². The molecule has 1 fully saturated rings.